The molecule has 1 aliphatic carbocycles. The Morgan fingerprint density at radius 3 is 2.37 bits per heavy atom. The van der Waals surface area contributed by atoms with Crippen molar-refractivity contribution in [3.63, 3.8) is 0 Å². The average molecular weight is 401 g/mol. The highest BCUT2D eigenvalue weighted by molar-refractivity contribution is 7.90. The lowest BCUT2D eigenvalue weighted by Gasteiger charge is -2.19. The fraction of sp³-hybridized carbons (Fsp3) is 0.389. The summed E-state index contributed by atoms with van der Waals surface area (Å²) in [6.45, 7) is 0. The highest BCUT2D eigenvalue weighted by Crippen LogP contribution is 2.37. The van der Waals surface area contributed by atoms with Crippen LogP contribution in [0.1, 0.15) is 24.8 Å². The van der Waals surface area contributed by atoms with E-state index in [9.17, 15) is 26.7 Å². The molecule has 2 aromatic rings. The van der Waals surface area contributed by atoms with Gasteiger partial charge in [-0.15, -0.1) is 0 Å². The third kappa shape index (κ3) is 4.41. The van der Waals surface area contributed by atoms with Gasteiger partial charge in [-0.1, -0.05) is 12.1 Å². The number of aliphatic hydroxyl groups excluding tert-OH is 1. The van der Waals surface area contributed by atoms with E-state index in [1.54, 1.807) is 0 Å². The van der Waals surface area contributed by atoms with E-state index in [0.29, 0.717) is 24.6 Å². The van der Waals surface area contributed by atoms with Crippen molar-refractivity contribution in [3.8, 4) is 17.0 Å². The lowest BCUT2D eigenvalue weighted by molar-refractivity contribution is -0.137. The van der Waals surface area contributed by atoms with Gasteiger partial charge in [0.2, 0.25) is 5.88 Å². The van der Waals surface area contributed by atoms with E-state index in [4.69, 9.17) is 4.74 Å². The standard InChI is InChI=1S/C18H18F3NO4S/c1-27(24,25)13-7-5-11(6-8-13)14-9-12(18(19,20)21)10-22-17(14)26-16-4-2-3-15(16)23/h5-10,15-16,23H,2-4H2,1H3/t15-,16+/m0/s1. The molecule has 1 aliphatic rings. The third-order valence-electron chi connectivity index (χ3n) is 4.45. The molecule has 1 heterocycles. The first-order valence-electron chi connectivity index (χ1n) is 8.28. The molecule has 0 unspecified atom stereocenters. The van der Waals surface area contributed by atoms with Crippen molar-refractivity contribution in [2.45, 2.75) is 42.5 Å². The summed E-state index contributed by atoms with van der Waals surface area (Å²) in [4.78, 5) is 3.87. The quantitative estimate of drug-likeness (QED) is 0.849. The zero-order chi connectivity index (χ0) is 19.8. The third-order valence-corrected chi connectivity index (χ3v) is 5.58. The summed E-state index contributed by atoms with van der Waals surface area (Å²) in [6, 6.07) is 6.37. The molecule has 146 valence electrons. The van der Waals surface area contributed by atoms with E-state index < -0.39 is 33.8 Å². The minimum Gasteiger partial charge on any atom is -0.471 e. The highest BCUT2D eigenvalue weighted by atomic mass is 32.2. The Bertz CT molecular complexity index is 927. The zero-order valence-corrected chi connectivity index (χ0v) is 15.2. The average Bonchev–Trinajstić information content (AvgIpc) is 2.98. The molecule has 0 saturated heterocycles. The minimum absolute atomic E-state index is 0.0268. The van der Waals surface area contributed by atoms with Crippen LogP contribution < -0.4 is 4.74 Å². The summed E-state index contributed by atoms with van der Waals surface area (Å²) < 4.78 is 68.2. The number of aromatic nitrogens is 1. The van der Waals surface area contributed by atoms with E-state index in [0.717, 1.165) is 18.7 Å². The first-order valence-corrected chi connectivity index (χ1v) is 10.2. The number of aliphatic hydroxyl groups is 1. The van der Waals surface area contributed by atoms with Crippen LogP contribution in [-0.2, 0) is 16.0 Å². The zero-order valence-electron chi connectivity index (χ0n) is 14.4. The molecule has 1 aromatic carbocycles. The molecular weight excluding hydrogens is 383 g/mol. The summed E-state index contributed by atoms with van der Waals surface area (Å²) in [5.74, 6) is -0.0268. The van der Waals surface area contributed by atoms with E-state index in [1.807, 2.05) is 0 Å². The number of rotatable bonds is 4. The normalized spacial score (nSPS) is 20.6. The van der Waals surface area contributed by atoms with Gasteiger partial charge in [0.15, 0.2) is 9.84 Å². The topological polar surface area (TPSA) is 76.5 Å². The summed E-state index contributed by atoms with van der Waals surface area (Å²) >= 11 is 0. The van der Waals surface area contributed by atoms with Crippen LogP contribution in [0.15, 0.2) is 41.4 Å². The summed E-state index contributed by atoms with van der Waals surface area (Å²) in [7, 11) is -3.43. The van der Waals surface area contributed by atoms with Gasteiger partial charge < -0.3 is 9.84 Å². The molecule has 5 nitrogen and oxygen atoms in total. The van der Waals surface area contributed by atoms with Crippen molar-refractivity contribution in [2.24, 2.45) is 0 Å². The molecular formula is C18H18F3NO4S. The minimum atomic E-state index is -4.58. The number of benzene rings is 1. The van der Waals surface area contributed by atoms with Gasteiger partial charge in [-0.3, -0.25) is 0 Å². The number of sulfone groups is 1. The number of nitrogens with zero attached hydrogens (tertiary/aromatic N) is 1. The number of pyridine rings is 1. The van der Waals surface area contributed by atoms with Crippen LogP contribution in [0, 0.1) is 0 Å². The van der Waals surface area contributed by atoms with E-state index in [2.05, 4.69) is 4.98 Å². The first-order chi connectivity index (χ1) is 12.6. The van der Waals surface area contributed by atoms with Crippen LogP contribution in [-0.4, -0.2) is 37.0 Å². The van der Waals surface area contributed by atoms with E-state index in [1.165, 1.54) is 24.3 Å². The molecule has 0 spiro atoms. The smallest absolute Gasteiger partial charge is 0.417 e. The second kappa shape index (κ2) is 7.12. The largest absolute Gasteiger partial charge is 0.471 e. The summed E-state index contributed by atoms with van der Waals surface area (Å²) in [5, 5.41) is 9.92. The van der Waals surface area contributed by atoms with Gasteiger partial charge in [-0.05, 0) is 43.0 Å². The number of hydrogen-bond donors (Lipinski definition) is 1. The van der Waals surface area contributed by atoms with Gasteiger partial charge >= 0.3 is 6.18 Å². The molecule has 0 aliphatic heterocycles. The molecule has 27 heavy (non-hydrogen) atoms. The van der Waals surface area contributed by atoms with Gasteiger partial charge in [0.25, 0.3) is 0 Å². The molecule has 1 N–H and O–H groups in total. The maximum atomic E-state index is 13.1. The monoisotopic (exact) mass is 401 g/mol. The predicted octanol–water partition coefficient (Wildman–Crippen LogP) is 3.46. The second-order valence-electron chi connectivity index (χ2n) is 6.53. The first kappa shape index (κ1) is 19.6. The fourth-order valence-electron chi connectivity index (χ4n) is 2.98. The van der Waals surface area contributed by atoms with Gasteiger partial charge in [0.05, 0.1) is 16.6 Å². The number of hydrogen-bond acceptors (Lipinski definition) is 5. The van der Waals surface area contributed by atoms with Crippen LogP contribution in [0.2, 0.25) is 0 Å². The summed E-state index contributed by atoms with van der Waals surface area (Å²) in [5.41, 5.74) is -0.517. The maximum absolute atomic E-state index is 13.1. The molecule has 1 fully saturated rings. The van der Waals surface area contributed by atoms with Crippen molar-refractivity contribution >= 4 is 9.84 Å². The van der Waals surface area contributed by atoms with Crippen molar-refractivity contribution in [1.29, 1.82) is 0 Å². The molecule has 0 amide bonds. The molecule has 2 atom stereocenters. The van der Waals surface area contributed by atoms with Crippen molar-refractivity contribution in [3.05, 3.63) is 42.1 Å². The van der Waals surface area contributed by atoms with Crippen LogP contribution in [0.5, 0.6) is 5.88 Å². The summed E-state index contributed by atoms with van der Waals surface area (Å²) in [6.07, 6.45) is -2.20. The Hall–Kier alpha value is -2.13. The Kier molecular flexibility index (Phi) is 5.18. The van der Waals surface area contributed by atoms with E-state index >= 15 is 0 Å². The van der Waals surface area contributed by atoms with Crippen molar-refractivity contribution in [1.82, 2.24) is 4.98 Å². The number of alkyl halides is 3. The van der Waals surface area contributed by atoms with Crippen LogP contribution >= 0.6 is 0 Å². The fourth-order valence-corrected chi connectivity index (χ4v) is 3.61. The van der Waals surface area contributed by atoms with Crippen molar-refractivity contribution in [2.75, 3.05) is 6.26 Å². The molecule has 0 bridgehead atoms. The maximum Gasteiger partial charge on any atom is 0.417 e. The predicted molar refractivity (Wildman–Crippen MR) is 92.1 cm³/mol. The molecule has 1 saturated carbocycles. The van der Waals surface area contributed by atoms with Gasteiger partial charge in [-0.2, -0.15) is 13.2 Å². The molecule has 1 aromatic heterocycles. The lowest BCUT2D eigenvalue weighted by Crippen LogP contribution is -2.26. The van der Waals surface area contributed by atoms with Crippen LogP contribution in [0.4, 0.5) is 13.2 Å². The van der Waals surface area contributed by atoms with Gasteiger partial charge in [0.1, 0.15) is 6.10 Å². The highest BCUT2D eigenvalue weighted by Gasteiger charge is 2.33. The van der Waals surface area contributed by atoms with E-state index in [-0.39, 0.29) is 16.3 Å². The SMILES string of the molecule is CS(=O)(=O)c1ccc(-c2cc(C(F)(F)F)cnc2O[C@@H]2CCC[C@@H]2O)cc1. The Morgan fingerprint density at radius 1 is 1.19 bits per heavy atom. The Balaban J connectivity index is 2.04. The second-order valence-corrected chi connectivity index (χ2v) is 8.54. The Morgan fingerprint density at radius 2 is 1.85 bits per heavy atom. The molecule has 0 radical (unpaired) electrons. The number of ether oxygens (including phenoxy) is 1. The lowest BCUT2D eigenvalue weighted by atomic mass is 10.0. The Labute approximate surface area is 154 Å². The molecule has 3 rings (SSSR count). The van der Waals surface area contributed by atoms with Gasteiger partial charge in [0, 0.05) is 18.0 Å². The molecule has 9 heteroatoms. The van der Waals surface area contributed by atoms with Crippen molar-refractivity contribution < 1.29 is 31.4 Å². The van der Waals surface area contributed by atoms with Gasteiger partial charge in [-0.25, -0.2) is 13.4 Å². The van der Waals surface area contributed by atoms with Crippen LogP contribution in [0.25, 0.3) is 11.1 Å². The number of halogens is 3. The van der Waals surface area contributed by atoms with Crippen LogP contribution in [0.3, 0.4) is 0 Å².